The SMILES string of the molecule is Cc1[nH]nc(NCC2CCCCC2)c1-c1ccc(F)cc1. The third-order valence-electron chi connectivity index (χ3n) is 4.36. The van der Waals surface area contributed by atoms with Crippen molar-refractivity contribution in [3.63, 3.8) is 0 Å². The summed E-state index contributed by atoms with van der Waals surface area (Å²) in [5.41, 5.74) is 3.05. The van der Waals surface area contributed by atoms with E-state index in [0.717, 1.165) is 35.1 Å². The summed E-state index contributed by atoms with van der Waals surface area (Å²) >= 11 is 0. The van der Waals surface area contributed by atoms with Crippen LogP contribution in [0.4, 0.5) is 10.2 Å². The minimum absolute atomic E-state index is 0.211. The van der Waals surface area contributed by atoms with Gasteiger partial charge < -0.3 is 5.32 Å². The summed E-state index contributed by atoms with van der Waals surface area (Å²) in [6.45, 7) is 2.97. The molecule has 2 aromatic rings. The maximum Gasteiger partial charge on any atom is 0.155 e. The van der Waals surface area contributed by atoms with E-state index in [0.29, 0.717) is 0 Å². The van der Waals surface area contributed by atoms with Crippen LogP contribution in [0.3, 0.4) is 0 Å². The minimum atomic E-state index is -0.211. The number of hydrogen-bond acceptors (Lipinski definition) is 2. The van der Waals surface area contributed by atoms with Gasteiger partial charge in [-0.1, -0.05) is 31.4 Å². The van der Waals surface area contributed by atoms with E-state index >= 15 is 0 Å². The van der Waals surface area contributed by atoms with Crippen molar-refractivity contribution in [2.24, 2.45) is 5.92 Å². The first-order chi connectivity index (χ1) is 10.2. The third kappa shape index (κ3) is 3.26. The molecule has 0 atom stereocenters. The lowest BCUT2D eigenvalue weighted by Crippen LogP contribution is -2.17. The van der Waals surface area contributed by atoms with E-state index in [-0.39, 0.29) is 5.82 Å². The number of aromatic nitrogens is 2. The molecule has 1 heterocycles. The first-order valence-corrected chi connectivity index (χ1v) is 7.79. The standard InChI is InChI=1S/C17H22FN3/c1-12-16(14-7-9-15(18)10-8-14)17(21-20-12)19-11-13-5-3-2-4-6-13/h7-10,13H,2-6,11H2,1H3,(H2,19,20,21). The van der Waals surface area contributed by atoms with Crippen LogP contribution in [0.15, 0.2) is 24.3 Å². The number of hydrogen-bond donors (Lipinski definition) is 2. The molecule has 0 saturated heterocycles. The molecular formula is C17H22FN3. The molecule has 0 bridgehead atoms. The second-order valence-corrected chi connectivity index (χ2v) is 5.96. The molecule has 0 aliphatic heterocycles. The van der Waals surface area contributed by atoms with Crippen LogP contribution in [0, 0.1) is 18.7 Å². The highest BCUT2D eigenvalue weighted by molar-refractivity contribution is 5.77. The van der Waals surface area contributed by atoms with Crippen LogP contribution in [-0.2, 0) is 0 Å². The average molecular weight is 287 g/mol. The van der Waals surface area contributed by atoms with Gasteiger partial charge in [-0.15, -0.1) is 0 Å². The Morgan fingerprint density at radius 2 is 1.90 bits per heavy atom. The van der Waals surface area contributed by atoms with Crippen LogP contribution < -0.4 is 5.32 Å². The molecular weight excluding hydrogens is 265 g/mol. The van der Waals surface area contributed by atoms with Gasteiger partial charge in [0.25, 0.3) is 0 Å². The van der Waals surface area contributed by atoms with Crippen molar-refractivity contribution in [2.45, 2.75) is 39.0 Å². The highest BCUT2D eigenvalue weighted by Gasteiger charge is 2.16. The van der Waals surface area contributed by atoms with Gasteiger partial charge in [-0.2, -0.15) is 5.10 Å². The minimum Gasteiger partial charge on any atom is -0.368 e. The molecule has 1 aromatic carbocycles. The van der Waals surface area contributed by atoms with Gasteiger partial charge >= 0.3 is 0 Å². The molecule has 0 amide bonds. The Kier molecular flexibility index (Phi) is 4.23. The van der Waals surface area contributed by atoms with Crippen LogP contribution in [0.25, 0.3) is 11.1 Å². The number of halogens is 1. The van der Waals surface area contributed by atoms with Crippen molar-refractivity contribution >= 4 is 5.82 Å². The molecule has 0 unspecified atom stereocenters. The fourth-order valence-electron chi connectivity index (χ4n) is 3.16. The average Bonchev–Trinajstić information content (AvgIpc) is 2.88. The maximum atomic E-state index is 13.1. The maximum absolute atomic E-state index is 13.1. The van der Waals surface area contributed by atoms with Crippen molar-refractivity contribution in [3.8, 4) is 11.1 Å². The van der Waals surface area contributed by atoms with E-state index in [2.05, 4.69) is 15.5 Å². The van der Waals surface area contributed by atoms with E-state index in [4.69, 9.17) is 0 Å². The van der Waals surface area contributed by atoms with E-state index < -0.39 is 0 Å². The Balaban J connectivity index is 1.75. The van der Waals surface area contributed by atoms with E-state index in [1.165, 1.54) is 44.2 Å². The van der Waals surface area contributed by atoms with Crippen LogP contribution in [0.5, 0.6) is 0 Å². The molecule has 21 heavy (non-hydrogen) atoms. The summed E-state index contributed by atoms with van der Waals surface area (Å²) in [5.74, 6) is 1.41. The predicted octanol–water partition coefficient (Wildman–Crippen LogP) is 4.52. The number of anilines is 1. The van der Waals surface area contributed by atoms with Crippen molar-refractivity contribution < 1.29 is 4.39 Å². The van der Waals surface area contributed by atoms with Crippen molar-refractivity contribution in [1.29, 1.82) is 0 Å². The Bertz CT molecular complexity index is 583. The number of rotatable bonds is 4. The van der Waals surface area contributed by atoms with Crippen LogP contribution >= 0.6 is 0 Å². The smallest absolute Gasteiger partial charge is 0.155 e. The molecule has 1 saturated carbocycles. The first-order valence-electron chi connectivity index (χ1n) is 7.79. The van der Waals surface area contributed by atoms with E-state index in [9.17, 15) is 4.39 Å². The molecule has 112 valence electrons. The fourth-order valence-corrected chi connectivity index (χ4v) is 3.16. The number of aryl methyl sites for hydroxylation is 1. The van der Waals surface area contributed by atoms with Crippen LogP contribution in [0.1, 0.15) is 37.8 Å². The summed E-state index contributed by atoms with van der Waals surface area (Å²) in [5, 5.41) is 10.9. The van der Waals surface area contributed by atoms with Gasteiger partial charge in [0.1, 0.15) is 5.82 Å². The summed E-state index contributed by atoms with van der Waals surface area (Å²) in [6, 6.07) is 6.59. The summed E-state index contributed by atoms with van der Waals surface area (Å²) in [7, 11) is 0. The van der Waals surface area contributed by atoms with Crippen molar-refractivity contribution in [3.05, 3.63) is 35.8 Å². The van der Waals surface area contributed by atoms with Gasteiger partial charge in [-0.05, 0) is 43.4 Å². The molecule has 0 radical (unpaired) electrons. The van der Waals surface area contributed by atoms with Gasteiger partial charge in [-0.25, -0.2) is 4.39 Å². The Morgan fingerprint density at radius 1 is 1.19 bits per heavy atom. The molecule has 2 N–H and O–H groups in total. The zero-order valence-corrected chi connectivity index (χ0v) is 12.5. The summed E-state index contributed by atoms with van der Waals surface area (Å²) < 4.78 is 13.1. The Labute approximate surface area is 125 Å². The zero-order valence-electron chi connectivity index (χ0n) is 12.5. The van der Waals surface area contributed by atoms with Crippen LogP contribution in [-0.4, -0.2) is 16.7 Å². The monoisotopic (exact) mass is 287 g/mol. The second kappa shape index (κ2) is 6.29. The van der Waals surface area contributed by atoms with Gasteiger partial charge in [0.05, 0.1) is 0 Å². The molecule has 3 rings (SSSR count). The lowest BCUT2D eigenvalue weighted by Gasteiger charge is -2.22. The number of aromatic amines is 1. The molecule has 4 heteroatoms. The highest BCUT2D eigenvalue weighted by Crippen LogP contribution is 2.30. The quantitative estimate of drug-likeness (QED) is 0.868. The largest absolute Gasteiger partial charge is 0.368 e. The van der Waals surface area contributed by atoms with Gasteiger partial charge in [-0.3, -0.25) is 5.10 Å². The number of nitrogens with zero attached hydrogens (tertiary/aromatic N) is 1. The molecule has 1 aromatic heterocycles. The predicted molar refractivity (Wildman–Crippen MR) is 83.8 cm³/mol. The van der Waals surface area contributed by atoms with Crippen LogP contribution in [0.2, 0.25) is 0 Å². The van der Waals surface area contributed by atoms with Crippen molar-refractivity contribution in [2.75, 3.05) is 11.9 Å². The lowest BCUT2D eigenvalue weighted by atomic mass is 9.89. The second-order valence-electron chi connectivity index (χ2n) is 5.96. The van der Waals surface area contributed by atoms with Gasteiger partial charge in [0.15, 0.2) is 5.82 Å². The first kappa shape index (κ1) is 14.1. The highest BCUT2D eigenvalue weighted by atomic mass is 19.1. The Morgan fingerprint density at radius 3 is 2.62 bits per heavy atom. The number of nitrogens with one attached hydrogen (secondary N) is 2. The molecule has 1 fully saturated rings. The molecule has 0 spiro atoms. The molecule has 3 nitrogen and oxygen atoms in total. The van der Waals surface area contributed by atoms with E-state index in [1.54, 1.807) is 12.1 Å². The lowest BCUT2D eigenvalue weighted by molar-refractivity contribution is 0.373. The number of benzene rings is 1. The van der Waals surface area contributed by atoms with Gasteiger partial charge in [0, 0.05) is 17.8 Å². The third-order valence-corrected chi connectivity index (χ3v) is 4.36. The normalized spacial score (nSPS) is 16.1. The van der Waals surface area contributed by atoms with Gasteiger partial charge in [0.2, 0.25) is 0 Å². The zero-order chi connectivity index (χ0) is 14.7. The summed E-state index contributed by atoms with van der Waals surface area (Å²) in [6.07, 6.45) is 6.68. The summed E-state index contributed by atoms with van der Waals surface area (Å²) in [4.78, 5) is 0. The topological polar surface area (TPSA) is 40.7 Å². The molecule has 1 aliphatic carbocycles. The fraction of sp³-hybridized carbons (Fsp3) is 0.471. The number of H-pyrrole nitrogens is 1. The van der Waals surface area contributed by atoms with Crippen molar-refractivity contribution in [1.82, 2.24) is 10.2 Å². The van der Waals surface area contributed by atoms with E-state index in [1.807, 2.05) is 6.92 Å². The molecule has 1 aliphatic rings. The Hall–Kier alpha value is -1.84.